The second-order valence-electron chi connectivity index (χ2n) is 3.83. The van der Waals surface area contributed by atoms with Gasteiger partial charge in [-0.1, -0.05) is 25.1 Å². The smallest absolute Gasteiger partial charge is 0.312 e. The van der Waals surface area contributed by atoms with Crippen LogP contribution in [0.3, 0.4) is 0 Å². The summed E-state index contributed by atoms with van der Waals surface area (Å²) in [4.78, 5) is 11.1. The molecule has 2 aromatic rings. The lowest BCUT2D eigenvalue weighted by molar-refractivity contribution is -0.138. The maximum atomic E-state index is 11.1. The molecular formula is C12H14N2O2. The zero-order chi connectivity index (χ0) is 11.7. The van der Waals surface area contributed by atoms with Crippen LogP contribution < -0.4 is 0 Å². The van der Waals surface area contributed by atoms with Gasteiger partial charge in [-0.05, 0) is 12.5 Å². The number of nitrogens with zero attached hydrogens (tertiary/aromatic N) is 2. The number of hydrogen-bond acceptors (Lipinski definition) is 2. The van der Waals surface area contributed by atoms with E-state index in [2.05, 4.69) is 5.10 Å². The van der Waals surface area contributed by atoms with Crippen LogP contribution in [0.2, 0.25) is 0 Å². The van der Waals surface area contributed by atoms with Gasteiger partial charge in [-0.15, -0.1) is 0 Å². The highest BCUT2D eigenvalue weighted by atomic mass is 16.4. The van der Waals surface area contributed by atoms with Crippen molar-refractivity contribution in [2.24, 2.45) is 7.05 Å². The molecule has 0 aliphatic heterocycles. The van der Waals surface area contributed by atoms with Crippen molar-refractivity contribution < 1.29 is 9.90 Å². The Balaban J connectivity index is 2.64. The van der Waals surface area contributed by atoms with E-state index in [1.54, 1.807) is 4.68 Å². The number of fused-ring (bicyclic) bond motifs is 1. The molecule has 0 amide bonds. The molecule has 1 unspecified atom stereocenters. The molecule has 0 bridgehead atoms. The fourth-order valence-electron chi connectivity index (χ4n) is 1.98. The molecule has 1 heterocycles. The molecule has 0 radical (unpaired) electrons. The van der Waals surface area contributed by atoms with Crippen molar-refractivity contribution in [3.63, 3.8) is 0 Å². The van der Waals surface area contributed by atoms with E-state index in [4.69, 9.17) is 5.11 Å². The van der Waals surface area contributed by atoms with E-state index in [0.717, 1.165) is 10.9 Å². The van der Waals surface area contributed by atoms with Crippen LogP contribution in [0.15, 0.2) is 24.3 Å². The van der Waals surface area contributed by atoms with Crippen LogP contribution in [0.5, 0.6) is 0 Å². The van der Waals surface area contributed by atoms with Gasteiger partial charge in [0.25, 0.3) is 0 Å². The molecule has 4 heteroatoms. The number of aryl methyl sites for hydroxylation is 1. The Bertz CT molecular complexity index is 531. The number of aliphatic carboxylic acids is 1. The summed E-state index contributed by atoms with van der Waals surface area (Å²) in [5.41, 5.74) is 1.63. The van der Waals surface area contributed by atoms with Crippen LogP contribution in [0.4, 0.5) is 0 Å². The van der Waals surface area contributed by atoms with Crippen molar-refractivity contribution >= 4 is 16.9 Å². The summed E-state index contributed by atoms with van der Waals surface area (Å²) in [5.74, 6) is -1.34. The quantitative estimate of drug-likeness (QED) is 0.858. The number of carbonyl (C=O) groups is 1. The molecule has 0 saturated carbocycles. The average Bonchev–Trinajstić information content (AvgIpc) is 2.58. The Morgan fingerprint density at radius 1 is 1.50 bits per heavy atom. The molecule has 0 saturated heterocycles. The second kappa shape index (κ2) is 3.96. The lowest BCUT2D eigenvalue weighted by atomic mass is 10.00. The minimum absolute atomic E-state index is 0.522. The summed E-state index contributed by atoms with van der Waals surface area (Å²) in [6.07, 6.45) is 0.552. The number of carboxylic acid groups (broad SMARTS) is 1. The van der Waals surface area contributed by atoms with Crippen molar-refractivity contribution in [3.05, 3.63) is 30.0 Å². The van der Waals surface area contributed by atoms with E-state index in [-0.39, 0.29) is 0 Å². The van der Waals surface area contributed by atoms with Crippen molar-refractivity contribution in [2.45, 2.75) is 19.3 Å². The lowest BCUT2D eigenvalue weighted by Gasteiger charge is -2.06. The summed E-state index contributed by atoms with van der Waals surface area (Å²) >= 11 is 0. The van der Waals surface area contributed by atoms with Gasteiger partial charge in [0.2, 0.25) is 0 Å². The second-order valence-corrected chi connectivity index (χ2v) is 3.83. The largest absolute Gasteiger partial charge is 0.481 e. The van der Waals surface area contributed by atoms with Crippen molar-refractivity contribution in [1.29, 1.82) is 0 Å². The van der Waals surface area contributed by atoms with Gasteiger partial charge in [0.05, 0.1) is 11.2 Å². The Labute approximate surface area is 93.5 Å². The molecule has 1 aromatic heterocycles. The summed E-state index contributed by atoms with van der Waals surface area (Å²) in [5, 5.41) is 14.4. The monoisotopic (exact) mass is 218 g/mol. The summed E-state index contributed by atoms with van der Waals surface area (Å²) < 4.78 is 1.73. The van der Waals surface area contributed by atoms with Crippen LogP contribution in [-0.2, 0) is 11.8 Å². The van der Waals surface area contributed by atoms with Crippen molar-refractivity contribution in [2.75, 3.05) is 0 Å². The molecule has 0 aliphatic rings. The number of carboxylic acids is 1. The minimum atomic E-state index is -0.814. The fourth-order valence-corrected chi connectivity index (χ4v) is 1.98. The normalized spacial score (nSPS) is 12.9. The van der Waals surface area contributed by atoms with Gasteiger partial charge in [-0.2, -0.15) is 5.10 Å². The SMILES string of the molecule is CCC(C(=O)O)c1nn(C)c2ccccc12. The van der Waals surface area contributed by atoms with Crippen LogP contribution in [0, 0.1) is 0 Å². The molecule has 0 spiro atoms. The molecule has 1 N–H and O–H groups in total. The van der Waals surface area contributed by atoms with Crippen LogP contribution in [0.25, 0.3) is 10.9 Å². The van der Waals surface area contributed by atoms with Gasteiger partial charge in [0, 0.05) is 12.4 Å². The van der Waals surface area contributed by atoms with Crippen molar-refractivity contribution in [1.82, 2.24) is 9.78 Å². The first-order chi connectivity index (χ1) is 7.65. The standard InChI is InChI=1S/C12H14N2O2/c1-3-8(12(15)16)11-9-6-4-5-7-10(9)14(2)13-11/h4-8H,3H2,1-2H3,(H,15,16). The lowest BCUT2D eigenvalue weighted by Crippen LogP contribution is -2.11. The molecule has 1 atom stereocenters. The van der Waals surface area contributed by atoms with E-state index in [1.807, 2.05) is 38.2 Å². The third kappa shape index (κ3) is 1.56. The molecule has 1 aromatic carbocycles. The van der Waals surface area contributed by atoms with E-state index in [0.29, 0.717) is 12.1 Å². The summed E-state index contributed by atoms with van der Waals surface area (Å²) in [6.45, 7) is 1.86. The highest BCUT2D eigenvalue weighted by Gasteiger charge is 2.23. The van der Waals surface area contributed by atoms with E-state index in [9.17, 15) is 4.79 Å². The van der Waals surface area contributed by atoms with Gasteiger partial charge in [0.1, 0.15) is 5.92 Å². The van der Waals surface area contributed by atoms with E-state index < -0.39 is 11.9 Å². The molecular weight excluding hydrogens is 204 g/mol. The Morgan fingerprint density at radius 3 is 2.81 bits per heavy atom. The number of rotatable bonds is 3. The maximum absolute atomic E-state index is 11.1. The van der Waals surface area contributed by atoms with Crippen LogP contribution in [0.1, 0.15) is 25.0 Å². The number of hydrogen-bond donors (Lipinski definition) is 1. The Morgan fingerprint density at radius 2 is 2.19 bits per heavy atom. The highest BCUT2D eigenvalue weighted by Crippen LogP contribution is 2.26. The first-order valence-electron chi connectivity index (χ1n) is 5.29. The van der Waals surface area contributed by atoms with Gasteiger partial charge < -0.3 is 5.11 Å². The van der Waals surface area contributed by atoms with Gasteiger partial charge in [0.15, 0.2) is 0 Å². The predicted molar refractivity (Wildman–Crippen MR) is 61.4 cm³/mol. The first-order valence-corrected chi connectivity index (χ1v) is 5.29. The molecule has 0 aliphatic carbocycles. The number of para-hydroxylation sites is 1. The predicted octanol–water partition coefficient (Wildman–Crippen LogP) is 2.15. The summed E-state index contributed by atoms with van der Waals surface area (Å²) in [7, 11) is 1.83. The molecule has 4 nitrogen and oxygen atoms in total. The first kappa shape index (κ1) is 10.7. The number of benzene rings is 1. The van der Waals surface area contributed by atoms with Gasteiger partial charge in [-0.3, -0.25) is 9.48 Å². The van der Waals surface area contributed by atoms with Gasteiger partial charge >= 0.3 is 5.97 Å². The van der Waals surface area contributed by atoms with Crippen molar-refractivity contribution in [3.8, 4) is 0 Å². The average molecular weight is 218 g/mol. The third-order valence-electron chi connectivity index (χ3n) is 2.82. The maximum Gasteiger partial charge on any atom is 0.312 e. The Hall–Kier alpha value is -1.84. The van der Waals surface area contributed by atoms with Crippen LogP contribution in [-0.4, -0.2) is 20.9 Å². The Kier molecular flexibility index (Phi) is 2.64. The van der Waals surface area contributed by atoms with E-state index in [1.165, 1.54) is 0 Å². The molecule has 84 valence electrons. The summed E-state index contributed by atoms with van der Waals surface area (Å²) in [6, 6.07) is 7.70. The topological polar surface area (TPSA) is 55.1 Å². The van der Waals surface area contributed by atoms with Gasteiger partial charge in [-0.25, -0.2) is 0 Å². The molecule has 16 heavy (non-hydrogen) atoms. The highest BCUT2D eigenvalue weighted by molar-refractivity contribution is 5.87. The third-order valence-corrected chi connectivity index (χ3v) is 2.82. The fraction of sp³-hybridized carbons (Fsp3) is 0.333. The zero-order valence-corrected chi connectivity index (χ0v) is 9.34. The van der Waals surface area contributed by atoms with E-state index >= 15 is 0 Å². The minimum Gasteiger partial charge on any atom is -0.481 e. The van der Waals surface area contributed by atoms with Crippen LogP contribution >= 0.6 is 0 Å². The number of aromatic nitrogens is 2. The zero-order valence-electron chi connectivity index (χ0n) is 9.34. The molecule has 0 fully saturated rings. The molecule has 2 rings (SSSR count).